The Labute approximate surface area is 86.9 Å². The molecule has 2 aromatic heterocycles. The van der Waals surface area contributed by atoms with Crippen LogP contribution in [0, 0.1) is 0 Å². The van der Waals surface area contributed by atoms with E-state index in [1.165, 1.54) is 0 Å². The summed E-state index contributed by atoms with van der Waals surface area (Å²) in [6.07, 6.45) is 3.29. The van der Waals surface area contributed by atoms with Crippen LogP contribution in [-0.4, -0.2) is 15.2 Å². The first-order valence-corrected chi connectivity index (χ1v) is 4.49. The predicted octanol–water partition coefficient (Wildman–Crippen LogP) is 1.12. The van der Waals surface area contributed by atoms with Crippen LogP contribution in [0.5, 0.6) is 11.6 Å². The van der Waals surface area contributed by atoms with Crippen molar-refractivity contribution in [2.45, 2.75) is 6.54 Å². The summed E-state index contributed by atoms with van der Waals surface area (Å²) in [6, 6.07) is 7.09. The third-order valence-corrected chi connectivity index (χ3v) is 1.76. The lowest BCUT2D eigenvalue weighted by Crippen LogP contribution is -2.01. The van der Waals surface area contributed by atoms with E-state index in [-0.39, 0.29) is 0 Å². The third-order valence-electron chi connectivity index (χ3n) is 1.76. The summed E-state index contributed by atoms with van der Waals surface area (Å²) >= 11 is 0. The van der Waals surface area contributed by atoms with Gasteiger partial charge in [-0.25, -0.2) is 0 Å². The molecule has 5 nitrogen and oxygen atoms in total. The van der Waals surface area contributed by atoms with Crippen molar-refractivity contribution >= 4 is 0 Å². The van der Waals surface area contributed by atoms with Crippen LogP contribution in [-0.2, 0) is 6.54 Å². The molecular formula is C10H10N4O. The van der Waals surface area contributed by atoms with Crippen LogP contribution in [0.2, 0.25) is 0 Å². The minimum absolute atomic E-state index is 0.375. The molecule has 15 heavy (non-hydrogen) atoms. The minimum Gasteiger partial charge on any atom is -0.436 e. The lowest BCUT2D eigenvalue weighted by molar-refractivity contribution is 0.452. The summed E-state index contributed by atoms with van der Waals surface area (Å²) in [5, 5.41) is 7.74. The van der Waals surface area contributed by atoms with Crippen LogP contribution in [0.3, 0.4) is 0 Å². The Kier molecular flexibility index (Phi) is 2.85. The first-order chi connectivity index (χ1) is 7.38. The first kappa shape index (κ1) is 9.54. The molecule has 2 heterocycles. The minimum atomic E-state index is 0.375. The standard InChI is InChI=1S/C10H10N4O/c11-6-8-3-4-10(14-13-8)15-9-2-1-5-12-7-9/h1-5,7H,6,11H2. The number of pyridine rings is 1. The maximum absolute atomic E-state index is 5.40. The summed E-state index contributed by atoms with van der Waals surface area (Å²) in [5.41, 5.74) is 6.13. The maximum atomic E-state index is 5.40. The zero-order valence-electron chi connectivity index (χ0n) is 8.00. The highest BCUT2D eigenvalue weighted by Gasteiger charge is 1.98. The molecule has 76 valence electrons. The highest BCUT2D eigenvalue weighted by Crippen LogP contribution is 2.16. The smallest absolute Gasteiger partial charge is 0.238 e. The van der Waals surface area contributed by atoms with Gasteiger partial charge in [-0.05, 0) is 18.2 Å². The second-order valence-electron chi connectivity index (χ2n) is 2.86. The quantitative estimate of drug-likeness (QED) is 0.807. The van der Waals surface area contributed by atoms with Crippen LogP contribution in [0.15, 0.2) is 36.7 Å². The van der Waals surface area contributed by atoms with Gasteiger partial charge in [0.2, 0.25) is 5.88 Å². The topological polar surface area (TPSA) is 73.9 Å². The van der Waals surface area contributed by atoms with Gasteiger partial charge in [0.15, 0.2) is 0 Å². The Morgan fingerprint density at radius 1 is 1.20 bits per heavy atom. The molecule has 0 unspecified atom stereocenters. The van der Waals surface area contributed by atoms with Crippen molar-refractivity contribution < 1.29 is 4.74 Å². The number of nitrogens with two attached hydrogens (primary N) is 1. The van der Waals surface area contributed by atoms with Crippen molar-refractivity contribution in [3.05, 3.63) is 42.4 Å². The van der Waals surface area contributed by atoms with Gasteiger partial charge in [0.1, 0.15) is 5.75 Å². The van der Waals surface area contributed by atoms with Gasteiger partial charge in [-0.2, -0.15) is 5.10 Å². The first-order valence-electron chi connectivity index (χ1n) is 4.49. The molecule has 5 heteroatoms. The zero-order chi connectivity index (χ0) is 10.5. The van der Waals surface area contributed by atoms with E-state index in [9.17, 15) is 0 Å². The predicted molar refractivity (Wildman–Crippen MR) is 54.2 cm³/mol. The average molecular weight is 202 g/mol. The van der Waals surface area contributed by atoms with Crippen LogP contribution < -0.4 is 10.5 Å². The van der Waals surface area contributed by atoms with Crippen LogP contribution in [0.4, 0.5) is 0 Å². The third kappa shape index (κ3) is 2.47. The van der Waals surface area contributed by atoms with Crippen molar-refractivity contribution in [1.82, 2.24) is 15.2 Å². The number of ether oxygens (including phenoxy) is 1. The Morgan fingerprint density at radius 2 is 2.13 bits per heavy atom. The van der Waals surface area contributed by atoms with Gasteiger partial charge in [0.05, 0.1) is 11.9 Å². The lowest BCUT2D eigenvalue weighted by atomic mass is 10.4. The second kappa shape index (κ2) is 4.47. The highest BCUT2D eigenvalue weighted by atomic mass is 16.5. The Balaban J connectivity index is 2.11. The Bertz CT molecular complexity index is 415. The van der Waals surface area contributed by atoms with E-state index in [1.54, 1.807) is 36.7 Å². The second-order valence-corrected chi connectivity index (χ2v) is 2.86. The normalized spacial score (nSPS) is 9.93. The fourth-order valence-corrected chi connectivity index (χ4v) is 1.04. The van der Waals surface area contributed by atoms with Gasteiger partial charge in [0, 0.05) is 18.8 Å². The molecule has 0 aromatic carbocycles. The largest absolute Gasteiger partial charge is 0.436 e. The molecule has 0 aliphatic rings. The summed E-state index contributed by atoms with van der Waals surface area (Å²) < 4.78 is 5.40. The molecule has 0 fully saturated rings. The molecule has 0 amide bonds. The van der Waals surface area contributed by atoms with E-state index in [0.29, 0.717) is 18.2 Å². The Hall–Kier alpha value is -2.01. The molecule has 2 rings (SSSR count). The van der Waals surface area contributed by atoms with Gasteiger partial charge in [-0.3, -0.25) is 4.98 Å². The summed E-state index contributed by atoms with van der Waals surface area (Å²) in [5.74, 6) is 1.06. The molecular weight excluding hydrogens is 192 g/mol. The highest BCUT2D eigenvalue weighted by molar-refractivity contribution is 5.22. The summed E-state index contributed by atoms with van der Waals surface area (Å²) in [6.45, 7) is 0.375. The Morgan fingerprint density at radius 3 is 2.73 bits per heavy atom. The van der Waals surface area contributed by atoms with E-state index in [2.05, 4.69) is 15.2 Å². The van der Waals surface area contributed by atoms with Crippen molar-refractivity contribution in [2.75, 3.05) is 0 Å². The van der Waals surface area contributed by atoms with Crippen molar-refractivity contribution in [1.29, 1.82) is 0 Å². The summed E-state index contributed by atoms with van der Waals surface area (Å²) in [4.78, 5) is 3.92. The van der Waals surface area contributed by atoms with E-state index >= 15 is 0 Å². The molecule has 0 saturated carbocycles. The SMILES string of the molecule is NCc1ccc(Oc2cccnc2)nn1. The van der Waals surface area contributed by atoms with Gasteiger partial charge >= 0.3 is 0 Å². The molecule has 0 aliphatic carbocycles. The van der Waals surface area contributed by atoms with Crippen LogP contribution in [0.1, 0.15) is 5.69 Å². The number of nitrogens with zero attached hydrogens (tertiary/aromatic N) is 3. The van der Waals surface area contributed by atoms with E-state index in [4.69, 9.17) is 10.5 Å². The van der Waals surface area contributed by atoms with Crippen LogP contribution in [0.25, 0.3) is 0 Å². The molecule has 0 bridgehead atoms. The molecule has 0 saturated heterocycles. The number of hydrogen-bond donors (Lipinski definition) is 1. The average Bonchev–Trinajstić information content (AvgIpc) is 2.31. The number of rotatable bonds is 3. The number of aromatic nitrogens is 3. The monoisotopic (exact) mass is 202 g/mol. The molecule has 0 spiro atoms. The van der Waals surface area contributed by atoms with E-state index in [0.717, 1.165) is 5.69 Å². The van der Waals surface area contributed by atoms with Crippen molar-refractivity contribution in [2.24, 2.45) is 5.73 Å². The van der Waals surface area contributed by atoms with Crippen LogP contribution >= 0.6 is 0 Å². The van der Waals surface area contributed by atoms with E-state index in [1.807, 2.05) is 0 Å². The molecule has 0 atom stereocenters. The van der Waals surface area contributed by atoms with Gasteiger partial charge in [-0.15, -0.1) is 5.10 Å². The number of hydrogen-bond acceptors (Lipinski definition) is 5. The molecule has 0 radical (unpaired) electrons. The van der Waals surface area contributed by atoms with Gasteiger partial charge < -0.3 is 10.5 Å². The lowest BCUT2D eigenvalue weighted by Gasteiger charge is -2.02. The molecule has 0 aliphatic heterocycles. The van der Waals surface area contributed by atoms with E-state index < -0.39 is 0 Å². The molecule has 2 N–H and O–H groups in total. The van der Waals surface area contributed by atoms with Crippen molar-refractivity contribution in [3.8, 4) is 11.6 Å². The summed E-state index contributed by atoms with van der Waals surface area (Å²) in [7, 11) is 0. The maximum Gasteiger partial charge on any atom is 0.238 e. The zero-order valence-corrected chi connectivity index (χ0v) is 8.00. The van der Waals surface area contributed by atoms with Crippen molar-refractivity contribution in [3.63, 3.8) is 0 Å². The van der Waals surface area contributed by atoms with Gasteiger partial charge in [-0.1, -0.05) is 0 Å². The fraction of sp³-hybridized carbons (Fsp3) is 0.100. The molecule has 2 aromatic rings. The van der Waals surface area contributed by atoms with Gasteiger partial charge in [0.25, 0.3) is 0 Å². The fourth-order valence-electron chi connectivity index (χ4n) is 1.04.